The van der Waals surface area contributed by atoms with Crippen molar-refractivity contribution in [3.8, 4) is 5.75 Å². The lowest BCUT2D eigenvalue weighted by Crippen LogP contribution is -2.34. The van der Waals surface area contributed by atoms with Crippen molar-refractivity contribution in [1.29, 1.82) is 0 Å². The second kappa shape index (κ2) is 8.01. The number of benzene rings is 1. The molecule has 2 aromatic rings. The van der Waals surface area contributed by atoms with Crippen LogP contribution >= 0.6 is 0 Å². The molecule has 25 heavy (non-hydrogen) atoms. The monoisotopic (exact) mass is 339 g/mol. The molecule has 2 heterocycles. The molecule has 3 rings (SSSR count). The standard InChI is InChI=1S/C20H25N3O2/c1-15-5-8-18(9-6-15)25-14-20(24)22-19-10-7-17(12-21-19)23-11-3-4-16(2)13-23/h5-10,12,16H,3-4,11,13-14H2,1-2H3,(H,21,22,24). The molecule has 1 amide bonds. The van der Waals surface area contributed by atoms with Gasteiger partial charge in [-0.15, -0.1) is 0 Å². The van der Waals surface area contributed by atoms with Gasteiger partial charge in [0.15, 0.2) is 6.61 Å². The first kappa shape index (κ1) is 17.3. The molecule has 0 radical (unpaired) electrons. The normalized spacial score (nSPS) is 17.2. The second-order valence-electron chi connectivity index (χ2n) is 6.74. The minimum Gasteiger partial charge on any atom is -0.484 e. The topological polar surface area (TPSA) is 54.5 Å². The van der Waals surface area contributed by atoms with Crippen molar-refractivity contribution < 1.29 is 9.53 Å². The van der Waals surface area contributed by atoms with Crippen LogP contribution in [0.1, 0.15) is 25.3 Å². The summed E-state index contributed by atoms with van der Waals surface area (Å²) in [6.07, 6.45) is 4.34. The molecule has 0 bridgehead atoms. The Morgan fingerprint density at radius 1 is 1.28 bits per heavy atom. The van der Waals surface area contributed by atoms with Gasteiger partial charge in [-0.2, -0.15) is 0 Å². The number of piperidine rings is 1. The summed E-state index contributed by atoms with van der Waals surface area (Å²) in [6.45, 7) is 6.40. The van der Waals surface area contributed by atoms with Gasteiger partial charge in [0.2, 0.25) is 0 Å². The number of carbonyl (C=O) groups excluding carboxylic acids is 1. The summed E-state index contributed by atoms with van der Waals surface area (Å²) >= 11 is 0. The molecule has 132 valence electrons. The van der Waals surface area contributed by atoms with E-state index in [1.807, 2.05) is 49.5 Å². The molecule has 0 spiro atoms. The van der Waals surface area contributed by atoms with E-state index in [0.717, 1.165) is 24.3 Å². The van der Waals surface area contributed by atoms with Gasteiger partial charge < -0.3 is 15.0 Å². The zero-order valence-corrected chi connectivity index (χ0v) is 14.9. The zero-order valence-electron chi connectivity index (χ0n) is 14.9. The van der Waals surface area contributed by atoms with Crippen LogP contribution in [0, 0.1) is 12.8 Å². The van der Waals surface area contributed by atoms with E-state index < -0.39 is 0 Å². The molecule has 1 atom stereocenters. The number of anilines is 2. The maximum absolute atomic E-state index is 12.0. The van der Waals surface area contributed by atoms with Crippen molar-refractivity contribution in [1.82, 2.24) is 4.98 Å². The Morgan fingerprint density at radius 2 is 2.08 bits per heavy atom. The van der Waals surface area contributed by atoms with Crippen LogP contribution in [0.5, 0.6) is 5.75 Å². The van der Waals surface area contributed by atoms with E-state index in [2.05, 4.69) is 22.1 Å². The number of aromatic nitrogens is 1. The highest BCUT2D eigenvalue weighted by Crippen LogP contribution is 2.23. The van der Waals surface area contributed by atoms with E-state index in [0.29, 0.717) is 17.5 Å². The van der Waals surface area contributed by atoms with Crippen molar-refractivity contribution >= 4 is 17.4 Å². The Kier molecular flexibility index (Phi) is 5.53. The first-order valence-corrected chi connectivity index (χ1v) is 8.80. The Balaban J connectivity index is 1.50. The molecular weight excluding hydrogens is 314 g/mol. The first-order valence-electron chi connectivity index (χ1n) is 8.80. The fourth-order valence-corrected chi connectivity index (χ4v) is 3.03. The average molecular weight is 339 g/mol. The summed E-state index contributed by atoms with van der Waals surface area (Å²) in [4.78, 5) is 18.7. The third kappa shape index (κ3) is 4.95. The van der Waals surface area contributed by atoms with Crippen LogP contribution in [0.2, 0.25) is 0 Å². The lowest BCUT2D eigenvalue weighted by Gasteiger charge is -2.32. The van der Waals surface area contributed by atoms with E-state index in [9.17, 15) is 4.79 Å². The van der Waals surface area contributed by atoms with Crippen LogP contribution in [0.15, 0.2) is 42.6 Å². The van der Waals surface area contributed by atoms with E-state index in [-0.39, 0.29) is 12.5 Å². The van der Waals surface area contributed by atoms with Gasteiger partial charge in [0.05, 0.1) is 11.9 Å². The van der Waals surface area contributed by atoms with E-state index in [1.165, 1.54) is 12.8 Å². The number of ether oxygens (including phenoxy) is 1. The lowest BCUT2D eigenvalue weighted by atomic mass is 10.00. The largest absolute Gasteiger partial charge is 0.484 e. The predicted molar refractivity (Wildman–Crippen MR) is 100 cm³/mol. The van der Waals surface area contributed by atoms with Gasteiger partial charge in [0.25, 0.3) is 5.91 Å². The lowest BCUT2D eigenvalue weighted by molar-refractivity contribution is -0.118. The van der Waals surface area contributed by atoms with Crippen molar-refractivity contribution in [2.45, 2.75) is 26.7 Å². The van der Waals surface area contributed by atoms with Crippen LogP contribution in [0.25, 0.3) is 0 Å². The third-order valence-corrected chi connectivity index (χ3v) is 4.43. The highest BCUT2D eigenvalue weighted by molar-refractivity contribution is 5.91. The Hall–Kier alpha value is -2.56. The number of amides is 1. The van der Waals surface area contributed by atoms with E-state index >= 15 is 0 Å². The summed E-state index contributed by atoms with van der Waals surface area (Å²) in [5, 5.41) is 2.77. The van der Waals surface area contributed by atoms with Gasteiger partial charge in [-0.25, -0.2) is 4.98 Å². The molecule has 5 heteroatoms. The van der Waals surface area contributed by atoms with E-state index in [4.69, 9.17) is 4.74 Å². The molecule has 1 N–H and O–H groups in total. The van der Waals surface area contributed by atoms with Gasteiger partial charge in [0, 0.05) is 13.1 Å². The summed E-state index contributed by atoms with van der Waals surface area (Å²) in [6, 6.07) is 11.5. The van der Waals surface area contributed by atoms with Gasteiger partial charge in [-0.05, 0) is 49.9 Å². The molecule has 1 fully saturated rings. The van der Waals surface area contributed by atoms with Gasteiger partial charge >= 0.3 is 0 Å². The molecule has 5 nitrogen and oxygen atoms in total. The van der Waals surface area contributed by atoms with Crippen LogP contribution in [-0.2, 0) is 4.79 Å². The number of nitrogens with one attached hydrogen (secondary N) is 1. The predicted octanol–water partition coefficient (Wildman–Crippen LogP) is 3.64. The maximum atomic E-state index is 12.0. The number of rotatable bonds is 5. The van der Waals surface area contributed by atoms with Crippen molar-refractivity contribution in [3.05, 3.63) is 48.2 Å². The van der Waals surface area contributed by atoms with Crippen LogP contribution < -0.4 is 15.0 Å². The highest BCUT2D eigenvalue weighted by Gasteiger charge is 2.16. The minimum absolute atomic E-state index is 0.0316. The number of hydrogen-bond acceptors (Lipinski definition) is 4. The second-order valence-corrected chi connectivity index (χ2v) is 6.74. The SMILES string of the molecule is Cc1ccc(OCC(=O)Nc2ccc(N3CCCC(C)C3)cn2)cc1. The quantitative estimate of drug-likeness (QED) is 0.903. The average Bonchev–Trinajstić information content (AvgIpc) is 2.62. The summed E-state index contributed by atoms with van der Waals surface area (Å²) in [7, 11) is 0. The number of nitrogens with zero attached hydrogens (tertiary/aromatic N) is 2. The zero-order chi connectivity index (χ0) is 17.6. The number of hydrogen-bond donors (Lipinski definition) is 1. The molecule has 1 aromatic carbocycles. The molecule has 1 aromatic heterocycles. The van der Waals surface area contributed by atoms with Crippen LogP contribution in [0.4, 0.5) is 11.5 Å². The van der Waals surface area contributed by atoms with Crippen LogP contribution in [-0.4, -0.2) is 30.6 Å². The van der Waals surface area contributed by atoms with E-state index in [1.54, 1.807) is 0 Å². The Morgan fingerprint density at radius 3 is 2.76 bits per heavy atom. The summed E-state index contributed by atoms with van der Waals surface area (Å²) < 4.78 is 5.48. The van der Waals surface area contributed by atoms with Crippen molar-refractivity contribution in [2.75, 3.05) is 29.9 Å². The molecule has 1 aliphatic rings. The summed E-state index contributed by atoms with van der Waals surface area (Å²) in [5.41, 5.74) is 2.27. The number of aryl methyl sites for hydroxylation is 1. The summed E-state index contributed by atoms with van der Waals surface area (Å²) in [5.74, 6) is 1.73. The molecule has 1 unspecified atom stereocenters. The highest BCUT2D eigenvalue weighted by atomic mass is 16.5. The molecule has 0 aliphatic carbocycles. The molecule has 1 aliphatic heterocycles. The fraction of sp³-hybridized carbons (Fsp3) is 0.400. The van der Waals surface area contributed by atoms with Crippen molar-refractivity contribution in [3.63, 3.8) is 0 Å². The number of pyridine rings is 1. The van der Waals surface area contributed by atoms with Gasteiger partial charge in [-0.3, -0.25) is 4.79 Å². The molecular formula is C20H25N3O2. The minimum atomic E-state index is -0.215. The van der Waals surface area contributed by atoms with Gasteiger partial charge in [-0.1, -0.05) is 24.6 Å². The number of carbonyl (C=O) groups is 1. The third-order valence-electron chi connectivity index (χ3n) is 4.43. The smallest absolute Gasteiger partial charge is 0.263 e. The molecule has 0 saturated carbocycles. The van der Waals surface area contributed by atoms with Crippen LogP contribution in [0.3, 0.4) is 0 Å². The Bertz CT molecular complexity index is 698. The maximum Gasteiger partial charge on any atom is 0.263 e. The molecule has 1 saturated heterocycles. The fourth-order valence-electron chi connectivity index (χ4n) is 3.03. The van der Waals surface area contributed by atoms with Crippen molar-refractivity contribution in [2.24, 2.45) is 5.92 Å². The Labute approximate surface area is 149 Å². The first-order chi connectivity index (χ1) is 12.1. The van der Waals surface area contributed by atoms with Gasteiger partial charge in [0.1, 0.15) is 11.6 Å².